The van der Waals surface area contributed by atoms with Gasteiger partial charge in [-0.25, -0.2) is 9.59 Å². The minimum atomic E-state index is -0.498. The molecule has 3 amide bonds. The van der Waals surface area contributed by atoms with Crippen molar-refractivity contribution in [1.82, 2.24) is 16.0 Å². The van der Waals surface area contributed by atoms with Gasteiger partial charge in [-0.05, 0) is 31.4 Å². The molecule has 24 heavy (non-hydrogen) atoms. The van der Waals surface area contributed by atoms with Gasteiger partial charge >= 0.3 is 12.1 Å². The molecule has 7 nitrogen and oxygen atoms in total. The molecule has 3 N–H and O–H groups in total. The summed E-state index contributed by atoms with van der Waals surface area (Å²) in [6, 6.07) is 7.39. The number of amides is 3. The second kappa shape index (κ2) is 10.4. The second-order valence-corrected chi connectivity index (χ2v) is 5.50. The Balaban J connectivity index is 2.33. The molecule has 0 heterocycles. The van der Waals surface area contributed by atoms with Crippen molar-refractivity contribution < 1.29 is 19.1 Å². The molecule has 0 aliphatic heterocycles. The maximum atomic E-state index is 11.8. The molecule has 0 spiro atoms. The van der Waals surface area contributed by atoms with Crippen molar-refractivity contribution in [3.05, 3.63) is 29.8 Å². The number of ether oxygens (including phenoxy) is 2. The zero-order valence-corrected chi connectivity index (χ0v) is 14.7. The Morgan fingerprint density at radius 2 is 1.75 bits per heavy atom. The van der Waals surface area contributed by atoms with Crippen LogP contribution in [0, 0.1) is 0 Å². The summed E-state index contributed by atoms with van der Waals surface area (Å²) in [7, 11) is 0. The topological polar surface area (TPSA) is 88.7 Å². The van der Waals surface area contributed by atoms with Crippen LogP contribution in [0.25, 0.3) is 0 Å². The van der Waals surface area contributed by atoms with Gasteiger partial charge < -0.3 is 25.4 Å². The summed E-state index contributed by atoms with van der Waals surface area (Å²) in [6.45, 7) is 8.55. The normalized spacial score (nSPS) is 11.5. The van der Waals surface area contributed by atoms with Gasteiger partial charge in [-0.15, -0.1) is 0 Å². The molecule has 0 aliphatic carbocycles. The van der Waals surface area contributed by atoms with Gasteiger partial charge in [-0.3, -0.25) is 0 Å². The molecule has 0 aromatic heterocycles. The maximum Gasteiger partial charge on any atom is 0.407 e. The molecule has 0 fully saturated rings. The third kappa shape index (κ3) is 7.21. The fourth-order valence-electron chi connectivity index (χ4n) is 2.04. The van der Waals surface area contributed by atoms with E-state index in [1.165, 1.54) is 0 Å². The van der Waals surface area contributed by atoms with E-state index in [1.54, 1.807) is 13.8 Å². The Kier molecular flexibility index (Phi) is 8.46. The molecule has 1 rings (SSSR count). The van der Waals surface area contributed by atoms with E-state index in [-0.39, 0.29) is 12.6 Å². The first kappa shape index (κ1) is 19.6. The van der Waals surface area contributed by atoms with Crippen LogP contribution in [0.1, 0.15) is 39.2 Å². The Morgan fingerprint density at radius 1 is 1.08 bits per heavy atom. The summed E-state index contributed by atoms with van der Waals surface area (Å²) in [5.41, 5.74) is 1.09. The smallest absolute Gasteiger partial charge is 0.407 e. The molecule has 0 bridgehead atoms. The van der Waals surface area contributed by atoms with E-state index in [4.69, 9.17) is 9.47 Å². The van der Waals surface area contributed by atoms with Crippen LogP contribution in [0.2, 0.25) is 0 Å². The van der Waals surface area contributed by atoms with Crippen molar-refractivity contribution in [2.75, 3.05) is 19.7 Å². The SMILES string of the molecule is CCOC(=O)NCCNC(=O)NC(C)Oc1ccccc1C(C)C. The Bertz CT molecular complexity index is 534. The number of urea groups is 1. The molecular formula is C17H27N3O4. The van der Waals surface area contributed by atoms with Crippen LogP contribution in [0.5, 0.6) is 5.75 Å². The lowest BCUT2D eigenvalue weighted by atomic mass is 10.0. The van der Waals surface area contributed by atoms with E-state index in [1.807, 2.05) is 24.3 Å². The van der Waals surface area contributed by atoms with E-state index in [0.29, 0.717) is 19.1 Å². The lowest BCUT2D eigenvalue weighted by Crippen LogP contribution is -2.45. The monoisotopic (exact) mass is 337 g/mol. The number of hydrogen-bond donors (Lipinski definition) is 3. The summed E-state index contributed by atoms with van der Waals surface area (Å²) < 4.78 is 10.5. The van der Waals surface area contributed by atoms with E-state index in [2.05, 4.69) is 29.8 Å². The van der Waals surface area contributed by atoms with Gasteiger partial charge in [0.15, 0.2) is 6.23 Å². The second-order valence-electron chi connectivity index (χ2n) is 5.50. The predicted octanol–water partition coefficient (Wildman–Crippen LogP) is 2.58. The van der Waals surface area contributed by atoms with Gasteiger partial charge in [0.1, 0.15) is 5.75 Å². The molecule has 0 aliphatic rings. The summed E-state index contributed by atoms with van der Waals surface area (Å²) >= 11 is 0. The number of carbonyl (C=O) groups is 2. The molecular weight excluding hydrogens is 310 g/mol. The lowest BCUT2D eigenvalue weighted by Gasteiger charge is -2.20. The Hall–Kier alpha value is -2.44. The number of nitrogens with one attached hydrogen (secondary N) is 3. The number of hydrogen-bond acceptors (Lipinski definition) is 4. The molecule has 0 saturated heterocycles. The first-order valence-corrected chi connectivity index (χ1v) is 8.14. The van der Waals surface area contributed by atoms with Crippen molar-refractivity contribution in [2.24, 2.45) is 0 Å². The van der Waals surface area contributed by atoms with E-state index in [9.17, 15) is 9.59 Å². The van der Waals surface area contributed by atoms with Crippen molar-refractivity contribution in [3.63, 3.8) is 0 Å². The number of benzene rings is 1. The van der Waals surface area contributed by atoms with Crippen LogP contribution in [0.4, 0.5) is 9.59 Å². The van der Waals surface area contributed by atoms with Crippen LogP contribution in [0.3, 0.4) is 0 Å². The van der Waals surface area contributed by atoms with Gasteiger partial charge in [0.05, 0.1) is 6.61 Å². The average molecular weight is 337 g/mol. The highest BCUT2D eigenvalue weighted by Crippen LogP contribution is 2.26. The van der Waals surface area contributed by atoms with Crippen molar-refractivity contribution in [2.45, 2.75) is 39.8 Å². The van der Waals surface area contributed by atoms with Crippen LogP contribution in [0.15, 0.2) is 24.3 Å². The number of alkyl carbamates (subject to hydrolysis) is 1. The minimum Gasteiger partial charge on any atom is -0.471 e. The van der Waals surface area contributed by atoms with E-state index >= 15 is 0 Å². The molecule has 1 atom stereocenters. The zero-order chi connectivity index (χ0) is 17.9. The molecule has 7 heteroatoms. The van der Waals surface area contributed by atoms with Crippen LogP contribution in [-0.2, 0) is 4.74 Å². The summed E-state index contributed by atoms with van der Waals surface area (Å²) in [4.78, 5) is 22.9. The first-order valence-electron chi connectivity index (χ1n) is 8.14. The van der Waals surface area contributed by atoms with Gasteiger partial charge in [-0.2, -0.15) is 0 Å². The minimum absolute atomic E-state index is 0.289. The lowest BCUT2D eigenvalue weighted by molar-refractivity contribution is 0.152. The maximum absolute atomic E-state index is 11.8. The standard InChI is InChI=1S/C17H27N3O4/c1-5-23-17(22)19-11-10-18-16(21)20-13(4)24-15-9-7-6-8-14(15)12(2)3/h6-9,12-13H,5,10-11H2,1-4H3,(H,19,22)(H2,18,20,21). The van der Waals surface area contributed by atoms with Gasteiger partial charge in [0.25, 0.3) is 0 Å². The molecule has 0 saturated carbocycles. The quantitative estimate of drug-likeness (QED) is 0.502. The van der Waals surface area contributed by atoms with Crippen LogP contribution in [-0.4, -0.2) is 38.0 Å². The third-order valence-corrected chi connectivity index (χ3v) is 3.13. The van der Waals surface area contributed by atoms with Gasteiger partial charge in [0, 0.05) is 13.1 Å². The zero-order valence-electron chi connectivity index (χ0n) is 14.7. The Morgan fingerprint density at radius 3 is 2.42 bits per heavy atom. The summed E-state index contributed by atoms with van der Waals surface area (Å²) in [6.07, 6.45) is -0.982. The van der Waals surface area contributed by atoms with Crippen LogP contribution < -0.4 is 20.7 Å². The van der Waals surface area contributed by atoms with Crippen molar-refractivity contribution >= 4 is 12.1 Å². The molecule has 0 radical (unpaired) electrons. The third-order valence-electron chi connectivity index (χ3n) is 3.13. The van der Waals surface area contributed by atoms with Gasteiger partial charge in [-0.1, -0.05) is 32.0 Å². The van der Waals surface area contributed by atoms with Crippen molar-refractivity contribution in [1.29, 1.82) is 0 Å². The highest BCUT2D eigenvalue weighted by atomic mass is 16.5. The van der Waals surface area contributed by atoms with E-state index < -0.39 is 12.3 Å². The predicted molar refractivity (Wildman–Crippen MR) is 92.2 cm³/mol. The summed E-state index contributed by atoms with van der Waals surface area (Å²) in [5, 5.41) is 7.84. The van der Waals surface area contributed by atoms with E-state index in [0.717, 1.165) is 11.3 Å². The largest absolute Gasteiger partial charge is 0.471 e. The highest BCUT2D eigenvalue weighted by Gasteiger charge is 2.12. The fraction of sp³-hybridized carbons (Fsp3) is 0.529. The summed E-state index contributed by atoms with van der Waals surface area (Å²) in [5.74, 6) is 1.08. The van der Waals surface area contributed by atoms with Gasteiger partial charge in [0.2, 0.25) is 0 Å². The van der Waals surface area contributed by atoms with Crippen LogP contribution >= 0.6 is 0 Å². The highest BCUT2D eigenvalue weighted by molar-refractivity contribution is 5.74. The fourth-order valence-corrected chi connectivity index (χ4v) is 2.04. The first-order chi connectivity index (χ1) is 11.4. The molecule has 1 unspecified atom stereocenters. The molecule has 1 aromatic rings. The molecule has 1 aromatic carbocycles. The average Bonchev–Trinajstić information content (AvgIpc) is 2.52. The molecule has 134 valence electrons. The van der Waals surface area contributed by atoms with Crippen molar-refractivity contribution in [3.8, 4) is 5.75 Å². The number of para-hydroxylation sites is 1. The number of carbonyl (C=O) groups excluding carboxylic acids is 2. The Labute approximate surface area is 143 Å². The number of rotatable bonds is 8.